The van der Waals surface area contributed by atoms with Crippen molar-refractivity contribution in [3.8, 4) is 0 Å². The number of carbonyl (C=O) groups is 3. The molecule has 0 saturated carbocycles. The van der Waals surface area contributed by atoms with Crippen LogP contribution in [-0.2, 0) is 14.4 Å². The lowest BCUT2D eigenvalue weighted by Crippen LogP contribution is -2.34. The summed E-state index contributed by atoms with van der Waals surface area (Å²) in [6.07, 6.45) is 4.43. The molecule has 0 saturated heterocycles. The quantitative estimate of drug-likeness (QED) is 0.432. The van der Waals surface area contributed by atoms with Crippen LogP contribution in [0.5, 0.6) is 0 Å². The van der Waals surface area contributed by atoms with E-state index in [1.165, 1.54) is 11.8 Å². The number of carbonyl (C=O) groups excluding carboxylic acids is 2. The Kier molecular flexibility index (Phi) is 7.52. The van der Waals surface area contributed by atoms with Gasteiger partial charge in [0.15, 0.2) is 0 Å². The van der Waals surface area contributed by atoms with Crippen LogP contribution in [0.1, 0.15) is 24.0 Å². The SMILES string of the molecule is Cc1ccc(NC(=O)CSc2cccc(NC(=O)C3CC=CCC3C(=O)O)c2)c(C)c1. The lowest BCUT2D eigenvalue weighted by Gasteiger charge is -2.24. The van der Waals surface area contributed by atoms with Crippen molar-refractivity contribution in [3.63, 3.8) is 0 Å². The number of carboxylic acids is 1. The van der Waals surface area contributed by atoms with E-state index in [9.17, 15) is 19.5 Å². The lowest BCUT2D eigenvalue weighted by atomic mass is 9.82. The van der Waals surface area contributed by atoms with Crippen LogP contribution in [0.4, 0.5) is 11.4 Å². The molecular formula is C24H26N2O4S. The zero-order valence-electron chi connectivity index (χ0n) is 17.6. The number of carboxylic acid groups (broad SMARTS) is 1. The largest absolute Gasteiger partial charge is 0.481 e. The van der Waals surface area contributed by atoms with Gasteiger partial charge in [0.2, 0.25) is 11.8 Å². The predicted molar refractivity (Wildman–Crippen MR) is 123 cm³/mol. The van der Waals surface area contributed by atoms with E-state index in [0.717, 1.165) is 21.7 Å². The minimum absolute atomic E-state index is 0.107. The van der Waals surface area contributed by atoms with Crippen molar-refractivity contribution in [1.29, 1.82) is 0 Å². The van der Waals surface area contributed by atoms with Crippen molar-refractivity contribution >= 4 is 40.9 Å². The minimum Gasteiger partial charge on any atom is -0.481 e. The van der Waals surface area contributed by atoms with Gasteiger partial charge < -0.3 is 15.7 Å². The summed E-state index contributed by atoms with van der Waals surface area (Å²) in [4.78, 5) is 37.2. The molecule has 7 heteroatoms. The van der Waals surface area contributed by atoms with Gasteiger partial charge in [0, 0.05) is 16.3 Å². The third-order valence-electron chi connectivity index (χ3n) is 5.21. The van der Waals surface area contributed by atoms with E-state index in [4.69, 9.17) is 0 Å². The van der Waals surface area contributed by atoms with Crippen molar-refractivity contribution in [1.82, 2.24) is 0 Å². The molecule has 2 aromatic carbocycles. The van der Waals surface area contributed by atoms with Crippen LogP contribution in [0, 0.1) is 25.7 Å². The van der Waals surface area contributed by atoms with Crippen LogP contribution in [0.15, 0.2) is 59.5 Å². The van der Waals surface area contributed by atoms with Gasteiger partial charge in [-0.25, -0.2) is 0 Å². The summed E-state index contributed by atoms with van der Waals surface area (Å²) in [5, 5.41) is 15.1. The first-order chi connectivity index (χ1) is 14.8. The highest BCUT2D eigenvalue weighted by molar-refractivity contribution is 8.00. The molecule has 2 atom stereocenters. The van der Waals surface area contributed by atoms with Crippen LogP contribution in [0.3, 0.4) is 0 Å². The third-order valence-corrected chi connectivity index (χ3v) is 6.21. The molecule has 3 N–H and O–H groups in total. The maximum absolute atomic E-state index is 12.6. The van der Waals surface area contributed by atoms with Gasteiger partial charge in [0.25, 0.3) is 0 Å². The van der Waals surface area contributed by atoms with E-state index >= 15 is 0 Å². The molecule has 0 spiro atoms. The van der Waals surface area contributed by atoms with Crippen molar-refractivity contribution in [2.24, 2.45) is 11.8 Å². The number of nitrogens with one attached hydrogen (secondary N) is 2. The van der Waals surface area contributed by atoms with E-state index in [1.54, 1.807) is 18.2 Å². The number of amides is 2. The Hall–Kier alpha value is -3.06. The highest BCUT2D eigenvalue weighted by Crippen LogP contribution is 2.28. The van der Waals surface area contributed by atoms with Gasteiger partial charge in [-0.05, 0) is 56.5 Å². The van der Waals surface area contributed by atoms with Crippen molar-refractivity contribution in [2.75, 3.05) is 16.4 Å². The van der Waals surface area contributed by atoms with Gasteiger partial charge in [0.05, 0.1) is 17.6 Å². The molecule has 162 valence electrons. The number of benzene rings is 2. The fraction of sp³-hybridized carbons (Fsp3) is 0.292. The number of rotatable bonds is 7. The average molecular weight is 439 g/mol. The van der Waals surface area contributed by atoms with Crippen LogP contribution >= 0.6 is 11.8 Å². The number of anilines is 2. The van der Waals surface area contributed by atoms with Crippen LogP contribution in [-0.4, -0.2) is 28.6 Å². The number of aliphatic carboxylic acids is 1. The maximum Gasteiger partial charge on any atom is 0.307 e. The van der Waals surface area contributed by atoms with E-state index < -0.39 is 17.8 Å². The highest BCUT2D eigenvalue weighted by Gasteiger charge is 2.33. The predicted octanol–water partition coefficient (Wildman–Crippen LogP) is 4.64. The molecule has 31 heavy (non-hydrogen) atoms. The number of hydrogen-bond acceptors (Lipinski definition) is 4. The molecule has 1 aliphatic carbocycles. The van der Waals surface area contributed by atoms with Gasteiger partial charge >= 0.3 is 5.97 Å². The van der Waals surface area contributed by atoms with Gasteiger partial charge in [-0.15, -0.1) is 11.8 Å². The molecule has 2 aromatic rings. The number of thioether (sulfide) groups is 1. The summed E-state index contributed by atoms with van der Waals surface area (Å²) in [5.74, 6) is -2.43. The summed E-state index contributed by atoms with van der Waals surface area (Å²) < 4.78 is 0. The summed E-state index contributed by atoms with van der Waals surface area (Å²) >= 11 is 1.37. The molecule has 0 radical (unpaired) electrons. The first-order valence-electron chi connectivity index (χ1n) is 10.1. The zero-order chi connectivity index (χ0) is 22.4. The first kappa shape index (κ1) is 22.6. The molecule has 1 aliphatic rings. The van der Waals surface area contributed by atoms with Gasteiger partial charge in [-0.1, -0.05) is 35.9 Å². The second-order valence-corrected chi connectivity index (χ2v) is 8.72. The smallest absolute Gasteiger partial charge is 0.307 e. The first-order valence-corrected chi connectivity index (χ1v) is 11.1. The van der Waals surface area contributed by atoms with E-state index in [1.807, 2.05) is 50.3 Å². The molecule has 0 bridgehead atoms. The van der Waals surface area contributed by atoms with Gasteiger partial charge in [0.1, 0.15) is 0 Å². The summed E-state index contributed by atoms with van der Waals surface area (Å²) in [6.45, 7) is 3.96. The number of hydrogen-bond donors (Lipinski definition) is 3. The van der Waals surface area contributed by atoms with Crippen LogP contribution < -0.4 is 10.6 Å². The third kappa shape index (κ3) is 6.21. The topological polar surface area (TPSA) is 95.5 Å². The second kappa shape index (κ2) is 10.3. The molecule has 0 aliphatic heterocycles. The fourth-order valence-electron chi connectivity index (χ4n) is 3.56. The average Bonchev–Trinajstić information content (AvgIpc) is 2.74. The Labute approximate surface area is 186 Å². The van der Waals surface area contributed by atoms with Crippen molar-refractivity contribution < 1.29 is 19.5 Å². The maximum atomic E-state index is 12.6. The Morgan fingerprint density at radius 1 is 1.00 bits per heavy atom. The molecular weight excluding hydrogens is 412 g/mol. The summed E-state index contributed by atoms with van der Waals surface area (Å²) in [5.41, 5.74) is 3.54. The van der Waals surface area contributed by atoms with Crippen LogP contribution in [0.25, 0.3) is 0 Å². The Morgan fingerprint density at radius 2 is 1.74 bits per heavy atom. The van der Waals surface area contributed by atoms with Crippen LogP contribution in [0.2, 0.25) is 0 Å². The monoisotopic (exact) mass is 438 g/mol. The minimum atomic E-state index is -0.955. The normalized spacial score (nSPS) is 17.7. The Morgan fingerprint density at radius 3 is 2.45 bits per heavy atom. The van der Waals surface area contributed by atoms with E-state index in [2.05, 4.69) is 10.6 Å². The standard InChI is InChI=1S/C24H26N2O4S/c1-15-10-11-21(16(2)12-15)26-22(27)14-31-18-7-5-6-17(13-18)25-23(28)19-8-3-4-9-20(19)24(29)30/h3-7,10-13,19-20H,8-9,14H2,1-2H3,(H,25,28)(H,26,27)(H,29,30). The van der Waals surface area contributed by atoms with Crippen molar-refractivity contribution in [3.05, 3.63) is 65.7 Å². The summed E-state index contributed by atoms with van der Waals surface area (Å²) in [6, 6.07) is 13.1. The lowest BCUT2D eigenvalue weighted by molar-refractivity contribution is -0.146. The van der Waals surface area contributed by atoms with E-state index in [0.29, 0.717) is 18.5 Å². The molecule has 0 fully saturated rings. The molecule has 3 rings (SSSR count). The van der Waals surface area contributed by atoms with Crippen molar-refractivity contribution in [2.45, 2.75) is 31.6 Å². The molecule has 0 heterocycles. The molecule has 0 aromatic heterocycles. The zero-order valence-corrected chi connectivity index (χ0v) is 18.4. The Balaban J connectivity index is 1.57. The Bertz CT molecular complexity index is 1020. The molecule has 6 nitrogen and oxygen atoms in total. The number of aryl methyl sites for hydroxylation is 2. The van der Waals surface area contributed by atoms with Gasteiger partial charge in [-0.3, -0.25) is 14.4 Å². The number of allylic oxidation sites excluding steroid dienone is 2. The summed E-state index contributed by atoms with van der Waals surface area (Å²) in [7, 11) is 0. The molecule has 2 unspecified atom stereocenters. The second-order valence-electron chi connectivity index (χ2n) is 7.67. The molecule has 2 amide bonds. The van der Waals surface area contributed by atoms with E-state index in [-0.39, 0.29) is 17.6 Å². The fourth-order valence-corrected chi connectivity index (χ4v) is 4.32. The van der Waals surface area contributed by atoms with Gasteiger partial charge in [-0.2, -0.15) is 0 Å². The highest BCUT2D eigenvalue weighted by atomic mass is 32.2.